The van der Waals surface area contributed by atoms with Gasteiger partial charge >= 0.3 is 0 Å². The molecule has 1 amide bonds. The standard InChI is InChI=1S/C20H23ClFNO/c1-14(13-20(2,3)16-7-5-4-6-8-16)23-19(24)11-15-9-10-17(21)12-18(15)22/h4-10,12,14H,11,13H2,1-3H3,(H,23,24). The van der Waals surface area contributed by atoms with Crippen LogP contribution in [0.5, 0.6) is 0 Å². The minimum atomic E-state index is -0.449. The molecule has 0 bridgehead atoms. The normalized spacial score (nSPS) is 12.7. The average Bonchev–Trinajstić information content (AvgIpc) is 2.50. The lowest BCUT2D eigenvalue weighted by Gasteiger charge is -2.29. The third kappa shape index (κ3) is 5.07. The molecule has 2 nitrogen and oxygen atoms in total. The Morgan fingerprint density at radius 3 is 2.50 bits per heavy atom. The van der Waals surface area contributed by atoms with Crippen molar-refractivity contribution in [2.45, 2.75) is 45.1 Å². The summed E-state index contributed by atoms with van der Waals surface area (Å²) in [4.78, 5) is 12.2. The van der Waals surface area contributed by atoms with Crippen LogP contribution < -0.4 is 5.32 Å². The number of nitrogens with one attached hydrogen (secondary N) is 1. The number of carbonyl (C=O) groups excluding carboxylic acids is 1. The first kappa shape index (κ1) is 18.5. The Morgan fingerprint density at radius 1 is 1.21 bits per heavy atom. The summed E-state index contributed by atoms with van der Waals surface area (Å²) in [5, 5.41) is 3.29. The molecular weight excluding hydrogens is 325 g/mol. The Labute approximate surface area is 148 Å². The Morgan fingerprint density at radius 2 is 1.88 bits per heavy atom. The minimum Gasteiger partial charge on any atom is -0.353 e. The van der Waals surface area contributed by atoms with Crippen LogP contribution in [0.3, 0.4) is 0 Å². The average molecular weight is 348 g/mol. The first-order valence-electron chi connectivity index (χ1n) is 8.07. The Balaban J connectivity index is 1.94. The molecule has 24 heavy (non-hydrogen) atoms. The molecule has 0 radical (unpaired) electrons. The largest absolute Gasteiger partial charge is 0.353 e. The second-order valence-electron chi connectivity index (χ2n) is 6.84. The molecule has 2 rings (SSSR count). The van der Waals surface area contributed by atoms with Crippen molar-refractivity contribution < 1.29 is 9.18 Å². The van der Waals surface area contributed by atoms with E-state index in [1.807, 2.05) is 25.1 Å². The topological polar surface area (TPSA) is 29.1 Å². The quantitative estimate of drug-likeness (QED) is 0.791. The highest BCUT2D eigenvalue weighted by molar-refractivity contribution is 6.30. The Bertz CT molecular complexity index is 700. The van der Waals surface area contributed by atoms with Crippen LogP contribution in [0.4, 0.5) is 4.39 Å². The first-order valence-corrected chi connectivity index (χ1v) is 8.44. The zero-order valence-corrected chi connectivity index (χ0v) is 15.0. The van der Waals surface area contributed by atoms with E-state index in [-0.39, 0.29) is 23.8 Å². The molecule has 1 N–H and O–H groups in total. The van der Waals surface area contributed by atoms with Crippen molar-refractivity contribution in [2.75, 3.05) is 0 Å². The van der Waals surface area contributed by atoms with Gasteiger partial charge in [0.05, 0.1) is 6.42 Å². The van der Waals surface area contributed by atoms with Gasteiger partial charge in [0.1, 0.15) is 5.82 Å². The smallest absolute Gasteiger partial charge is 0.224 e. The van der Waals surface area contributed by atoms with E-state index >= 15 is 0 Å². The predicted molar refractivity (Wildman–Crippen MR) is 96.8 cm³/mol. The number of amides is 1. The third-order valence-corrected chi connectivity index (χ3v) is 4.38. The molecule has 0 spiro atoms. The number of halogens is 2. The second kappa shape index (κ2) is 7.80. The van der Waals surface area contributed by atoms with Crippen molar-refractivity contribution in [3.05, 3.63) is 70.5 Å². The van der Waals surface area contributed by atoms with Crippen molar-refractivity contribution in [1.29, 1.82) is 0 Å². The molecule has 0 aromatic heterocycles. The fraction of sp³-hybridized carbons (Fsp3) is 0.350. The lowest BCUT2D eigenvalue weighted by molar-refractivity contribution is -0.121. The van der Waals surface area contributed by atoms with Crippen LogP contribution in [-0.4, -0.2) is 11.9 Å². The monoisotopic (exact) mass is 347 g/mol. The summed E-state index contributed by atoms with van der Waals surface area (Å²) in [5.74, 6) is -0.637. The van der Waals surface area contributed by atoms with Gasteiger partial charge in [0.2, 0.25) is 5.91 Å². The van der Waals surface area contributed by atoms with E-state index in [0.717, 1.165) is 6.42 Å². The highest BCUT2D eigenvalue weighted by Crippen LogP contribution is 2.28. The minimum absolute atomic E-state index is 0.0110. The molecule has 1 atom stereocenters. The molecule has 1 unspecified atom stereocenters. The van der Waals surface area contributed by atoms with Gasteiger partial charge in [-0.3, -0.25) is 4.79 Å². The lowest BCUT2D eigenvalue weighted by atomic mass is 9.79. The van der Waals surface area contributed by atoms with Crippen LogP contribution in [0.25, 0.3) is 0 Å². The molecule has 0 heterocycles. The van der Waals surface area contributed by atoms with Crippen molar-refractivity contribution in [2.24, 2.45) is 0 Å². The van der Waals surface area contributed by atoms with Crippen molar-refractivity contribution in [1.82, 2.24) is 5.32 Å². The van der Waals surface area contributed by atoms with E-state index in [1.54, 1.807) is 12.1 Å². The fourth-order valence-electron chi connectivity index (χ4n) is 2.99. The van der Waals surface area contributed by atoms with E-state index in [4.69, 9.17) is 11.6 Å². The van der Waals surface area contributed by atoms with E-state index < -0.39 is 5.82 Å². The molecule has 0 fully saturated rings. The van der Waals surface area contributed by atoms with E-state index in [0.29, 0.717) is 10.6 Å². The highest BCUT2D eigenvalue weighted by atomic mass is 35.5. The van der Waals surface area contributed by atoms with Crippen molar-refractivity contribution in [3.8, 4) is 0 Å². The van der Waals surface area contributed by atoms with Gasteiger partial charge in [0.15, 0.2) is 0 Å². The third-order valence-electron chi connectivity index (χ3n) is 4.15. The molecular formula is C20H23ClFNO. The zero-order valence-electron chi connectivity index (χ0n) is 14.3. The summed E-state index contributed by atoms with van der Waals surface area (Å²) in [7, 11) is 0. The van der Waals surface area contributed by atoms with Crippen LogP contribution in [0.2, 0.25) is 5.02 Å². The van der Waals surface area contributed by atoms with Crippen LogP contribution in [-0.2, 0) is 16.6 Å². The lowest BCUT2D eigenvalue weighted by Crippen LogP contribution is -2.38. The van der Waals surface area contributed by atoms with Gasteiger partial charge in [-0.15, -0.1) is 0 Å². The number of hydrogen-bond donors (Lipinski definition) is 1. The van der Waals surface area contributed by atoms with E-state index in [1.165, 1.54) is 11.6 Å². The number of rotatable bonds is 6. The molecule has 2 aromatic rings. The molecule has 0 saturated carbocycles. The highest BCUT2D eigenvalue weighted by Gasteiger charge is 2.24. The first-order chi connectivity index (χ1) is 11.3. The van der Waals surface area contributed by atoms with Crippen LogP contribution in [0.1, 0.15) is 38.3 Å². The number of benzene rings is 2. The molecule has 0 aliphatic heterocycles. The van der Waals surface area contributed by atoms with Gasteiger partial charge in [0, 0.05) is 11.1 Å². The Hall–Kier alpha value is -1.87. The van der Waals surface area contributed by atoms with Crippen molar-refractivity contribution in [3.63, 3.8) is 0 Å². The number of hydrogen-bond acceptors (Lipinski definition) is 1. The van der Waals surface area contributed by atoms with Crippen LogP contribution in [0.15, 0.2) is 48.5 Å². The predicted octanol–water partition coefficient (Wildman–Crippen LogP) is 4.89. The SMILES string of the molecule is CC(CC(C)(C)c1ccccc1)NC(=O)Cc1ccc(Cl)cc1F. The van der Waals surface area contributed by atoms with E-state index in [9.17, 15) is 9.18 Å². The van der Waals surface area contributed by atoms with Gasteiger partial charge in [-0.05, 0) is 42.0 Å². The maximum atomic E-state index is 13.8. The molecule has 4 heteroatoms. The van der Waals surface area contributed by atoms with Gasteiger partial charge in [0.25, 0.3) is 0 Å². The van der Waals surface area contributed by atoms with Crippen LogP contribution in [0, 0.1) is 5.82 Å². The molecule has 0 aliphatic carbocycles. The van der Waals surface area contributed by atoms with Crippen molar-refractivity contribution >= 4 is 17.5 Å². The van der Waals surface area contributed by atoms with Crippen LogP contribution >= 0.6 is 11.6 Å². The van der Waals surface area contributed by atoms with Gasteiger partial charge < -0.3 is 5.32 Å². The second-order valence-corrected chi connectivity index (χ2v) is 7.27. The summed E-state index contributed by atoms with van der Waals surface area (Å²) in [5.41, 5.74) is 1.53. The molecule has 0 aliphatic rings. The molecule has 0 saturated heterocycles. The fourth-order valence-corrected chi connectivity index (χ4v) is 3.15. The summed E-state index contributed by atoms with van der Waals surface area (Å²) in [6.45, 7) is 6.29. The van der Waals surface area contributed by atoms with E-state index in [2.05, 4.69) is 31.3 Å². The number of carbonyl (C=O) groups is 1. The zero-order chi connectivity index (χ0) is 17.7. The van der Waals surface area contributed by atoms with Gasteiger partial charge in [-0.1, -0.05) is 61.8 Å². The summed E-state index contributed by atoms with van der Waals surface area (Å²) >= 11 is 5.73. The summed E-state index contributed by atoms with van der Waals surface area (Å²) < 4.78 is 13.8. The maximum absolute atomic E-state index is 13.8. The van der Waals surface area contributed by atoms with Gasteiger partial charge in [-0.25, -0.2) is 4.39 Å². The van der Waals surface area contributed by atoms with Gasteiger partial charge in [-0.2, -0.15) is 0 Å². The Kier molecular flexibility index (Phi) is 6.00. The molecule has 2 aromatic carbocycles. The summed E-state index contributed by atoms with van der Waals surface area (Å²) in [6.07, 6.45) is 0.810. The summed E-state index contributed by atoms with van der Waals surface area (Å²) in [6, 6.07) is 14.6. The maximum Gasteiger partial charge on any atom is 0.224 e. The molecule has 128 valence electrons.